The monoisotopic (exact) mass is 387 g/mol. The van der Waals surface area contributed by atoms with Crippen LogP contribution in [-0.4, -0.2) is 31.3 Å². The van der Waals surface area contributed by atoms with Crippen LogP contribution in [-0.2, 0) is 20.7 Å². The van der Waals surface area contributed by atoms with Crippen molar-refractivity contribution in [3.8, 4) is 0 Å². The van der Waals surface area contributed by atoms with E-state index in [9.17, 15) is 4.79 Å². The number of amides is 1. The molecule has 0 radical (unpaired) electrons. The van der Waals surface area contributed by atoms with Gasteiger partial charge in [0.25, 0.3) is 0 Å². The van der Waals surface area contributed by atoms with Crippen LogP contribution in [0.5, 0.6) is 0 Å². The number of carbonyl (C=O) groups is 1. The van der Waals surface area contributed by atoms with E-state index in [0.717, 1.165) is 42.7 Å². The number of hydrogen-bond donors (Lipinski definition) is 1. The SMILES string of the molecule is CCCc1ccc([C@H](NC(=O)[C@H](C)OC[C@H]2CCCO2)c2cccs2)cc1. The van der Waals surface area contributed by atoms with Crippen LogP contribution < -0.4 is 5.32 Å². The van der Waals surface area contributed by atoms with Crippen molar-refractivity contribution in [1.82, 2.24) is 5.32 Å². The average molecular weight is 388 g/mol. The lowest BCUT2D eigenvalue weighted by atomic mass is 10.0. The molecule has 0 bridgehead atoms. The molecule has 1 N–H and O–H groups in total. The van der Waals surface area contributed by atoms with Crippen molar-refractivity contribution in [2.45, 2.75) is 57.8 Å². The van der Waals surface area contributed by atoms with Crippen LogP contribution >= 0.6 is 11.3 Å². The van der Waals surface area contributed by atoms with Gasteiger partial charge in [0.05, 0.1) is 18.8 Å². The highest BCUT2D eigenvalue weighted by molar-refractivity contribution is 7.10. The van der Waals surface area contributed by atoms with E-state index in [-0.39, 0.29) is 18.1 Å². The highest BCUT2D eigenvalue weighted by Gasteiger charge is 2.23. The van der Waals surface area contributed by atoms with E-state index in [1.54, 1.807) is 18.3 Å². The van der Waals surface area contributed by atoms with Gasteiger partial charge in [-0.25, -0.2) is 0 Å². The molecule has 1 saturated heterocycles. The average Bonchev–Trinajstić information content (AvgIpc) is 3.39. The van der Waals surface area contributed by atoms with Crippen molar-refractivity contribution in [2.75, 3.05) is 13.2 Å². The second-order valence-corrected chi connectivity index (χ2v) is 8.04. The molecular formula is C22H29NO3S. The first kappa shape index (κ1) is 20.1. The first-order chi connectivity index (χ1) is 13.2. The van der Waals surface area contributed by atoms with E-state index < -0.39 is 6.10 Å². The minimum Gasteiger partial charge on any atom is -0.376 e. The molecule has 1 aliphatic rings. The third kappa shape index (κ3) is 5.64. The van der Waals surface area contributed by atoms with Crippen molar-refractivity contribution < 1.29 is 14.3 Å². The van der Waals surface area contributed by atoms with Gasteiger partial charge < -0.3 is 14.8 Å². The van der Waals surface area contributed by atoms with Gasteiger partial charge in [-0.2, -0.15) is 0 Å². The molecule has 1 fully saturated rings. The number of thiophene rings is 1. The minimum absolute atomic E-state index is 0.0935. The third-order valence-electron chi connectivity index (χ3n) is 4.89. The van der Waals surface area contributed by atoms with Crippen LogP contribution in [0.2, 0.25) is 0 Å². The molecule has 0 saturated carbocycles. The van der Waals surface area contributed by atoms with Gasteiger partial charge in [0.15, 0.2) is 0 Å². The van der Waals surface area contributed by atoms with Crippen molar-refractivity contribution in [1.29, 1.82) is 0 Å². The summed E-state index contributed by atoms with van der Waals surface area (Å²) in [6.45, 7) is 5.26. The Kier molecular flexibility index (Phi) is 7.44. The zero-order valence-electron chi connectivity index (χ0n) is 16.1. The highest BCUT2D eigenvalue weighted by Crippen LogP contribution is 2.27. The Balaban J connectivity index is 1.65. The van der Waals surface area contributed by atoms with Gasteiger partial charge in [0.1, 0.15) is 6.10 Å². The molecular weight excluding hydrogens is 358 g/mol. The largest absolute Gasteiger partial charge is 0.376 e. The fourth-order valence-electron chi connectivity index (χ4n) is 3.30. The molecule has 5 heteroatoms. The van der Waals surface area contributed by atoms with E-state index in [2.05, 4.69) is 42.6 Å². The van der Waals surface area contributed by atoms with E-state index in [4.69, 9.17) is 9.47 Å². The first-order valence-electron chi connectivity index (χ1n) is 9.83. The molecule has 1 aromatic carbocycles. The van der Waals surface area contributed by atoms with Gasteiger partial charge in [0, 0.05) is 11.5 Å². The molecule has 2 aromatic rings. The number of carbonyl (C=O) groups excluding carboxylic acids is 1. The predicted octanol–water partition coefficient (Wildman–Crippen LogP) is 4.49. The molecule has 4 nitrogen and oxygen atoms in total. The molecule has 0 spiro atoms. The molecule has 0 aliphatic carbocycles. The summed E-state index contributed by atoms with van der Waals surface area (Å²) in [7, 11) is 0. The lowest BCUT2D eigenvalue weighted by Gasteiger charge is -2.22. The Morgan fingerprint density at radius 1 is 1.33 bits per heavy atom. The number of benzene rings is 1. The fourth-order valence-corrected chi connectivity index (χ4v) is 4.10. The van der Waals surface area contributed by atoms with E-state index in [1.165, 1.54) is 5.56 Å². The second kappa shape index (κ2) is 10.0. The lowest BCUT2D eigenvalue weighted by Crippen LogP contribution is -2.38. The zero-order valence-corrected chi connectivity index (χ0v) is 17.0. The summed E-state index contributed by atoms with van der Waals surface area (Å²) in [6, 6.07) is 12.5. The number of hydrogen-bond acceptors (Lipinski definition) is 4. The lowest BCUT2D eigenvalue weighted by molar-refractivity contribution is -0.134. The summed E-state index contributed by atoms with van der Waals surface area (Å²) in [5.41, 5.74) is 2.42. The highest BCUT2D eigenvalue weighted by atomic mass is 32.1. The Labute approximate surface area is 165 Å². The number of aryl methyl sites for hydroxylation is 1. The molecule has 146 valence electrons. The Bertz CT molecular complexity index is 693. The number of ether oxygens (including phenoxy) is 2. The summed E-state index contributed by atoms with van der Waals surface area (Å²) >= 11 is 1.65. The Morgan fingerprint density at radius 2 is 2.15 bits per heavy atom. The molecule has 3 rings (SSSR count). The van der Waals surface area contributed by atoms with Gasteiger partial charge in [-0.15, -0.1) is 11.3 Å². The van der Waals surface area contributed by atoms with Gasteiger partial charge >= 0.3 is 0 Å². The Hall–Kier alpha value is -1.69. The maximum atomic E-state index is 12.7. The van der Waals surface area contributed by atoms with Crippen molar-refractivity contribution in [3.05, 3.63) is 57.8 Å². The van der Waals surface area contributed by atoms with E-state index >= 15 is 0 Å². The molecule has 1 aliphatic heterocycles. The molecule has 1 amide bonds. The summed E-state index contributed by atoms with van der Waals surface area (Å²) < 4.78 is 11.3. The van der Waals surface area contributed by atoms with Crippen LogP contribution in [0.1, 0.15) is 55.2 Å². The predicted molar refractivity (Wildman–Crippen MR) is 109 cm³/mol. The van der Waals surface area contributed by atoms with Crippen LogP contribution in [0.15, 0.2) is 41.8 Å². The van der Waals surface area contributed by atoms with Crippen molar-refractivity contribution in [2.24, 2.45) is 0 Å². The van der Waals surface area contributed by atoms with Crippen LogP contribution in [0.3, 0.4) is 0 Å². The first-order valence-corrected chi connectivity index (χ1v) is 10.7. The van der Waals surface area contributed by atoms with Crippen LogP contribution in [0.4, 0.5) is 0 Å². The second-order valence-electron chi connectivity index (χ2n) is 7.06. The van der Waals surface area contributed by atoms with Gasteiger partial charge in [-0.3, -0.25) is 4.79 Å². The summed E-state index contributed by atoms with van der Waals surface area (Å²) in [4.78, 5) is 13.8. The molecule has 1 aromatic heterocycles. The quantitative estimate of drug-likeness (QED) is 0.690. The zero-order chi connectivity index (χ0) is 19.1. The molecule has 3 atom stereocenters. The van der Waals surface area contributed by atoms with E-state index in [1.807, 2.05) is 11.4 Å². The van der Waals surface area contributed by atoms with Crippen LogP contribution in [0.25, 0.3) is 0 Å². The topological polar surface area (TPSA) is 47.6 Å². The standard InChI is InChI=1S/C22H29NO3S/c1-3-6-17-9-11-18(12-10-17)21(20-8-5-14-27-20)23-22(24)16(2)26-15-19-7-4-13-25-19/h5,8-12,14,16,19,21H,3-4,6-7,13,15H2,1-2H3,(H,23,24)/t16-,19+,21-/m0/s1. The minimum atomic E-state index is -0.504. The third-order valence-corrected chi connectivity index (χ3v) is 5.83. The Morgan fingerprint density at radius 3 is 2.78 bits per heavy atom. The van der Waals surface area contributed by atoms with Gasteiger partial charge in [0.2, 0.25) is 5.91 Å². The van der Waals surface area contributed by atoms with Crippen LogP contribution in [0, 0.1) is 0 Å². The molecule has 0 unspecified atom stereocenters. The summed E-state index contributed by atoms with van der Waals surface area (Å²) in [5.74, 6) is -0.0935. The maximum absolute atomic E-state index is 12.7. The summed E-state index contributed by atoms with van der Waals surface area (Å²) in [5, 5.41) is 5.21. The smallest absolute Gasteiger partial charge is 0.249 e. The number of rotatable bonds is 9. The maximum Gasteiger partial charge on any atom is 0.249 e. The normalized spacial score (nSPS) is 19.0. The fraction of sp³-hybridized carbons (Fsp3) is 0.500. The van der Waals surface area contributed by atoms with Gasteiger partial charge in [-0.05, 0) is 48.8 Å². The van der Waals surface area contributed by atoms with Crippen molar-refractivity contribution >= 4 is 17.2 Å². The molecule has 2 heterocycles. The van der Waals surface area contributed by atoms with Gasteiger partial charge in [-0.1, -0.05) is 43.7 Å². The van der Waals surface area contributed by atoms with E-state index in [0.29, 0.717) is 6.61 Å². The number of nitrogens with one attached hydrogen (secondary N) is 1. The van der Waals surface area contributed by atoms with Crippen molar-refractivity contribution in [3.63, 3.8) is 0 Å². The summed E-state index contributed by atoms with van der Waals surface area (Å²) in [6.07, 6.45) is 3.91. The molecule has 27 heavy (non-hydrogen) atoms.